The molecule has 102 valence electrons. The normalized spacial score (nSPS) is 18.5. The number of carbonyl (C=O) groups is 1. The predicted octanol–water partition coefficient (Wildman–Crippen LogP) is 2.30. The van der Waals surface area contributed by atoms with Gasteiger partial charge in [-0.2, -0.15) is 0 Å². The van der Waals surface area contributed by atoms with Gasteiger partial charge in [-0.25, -0.2) is 0 Å². The molecule has 0 aromatic carbocycles. The minimum absolute atomic E-state index is 0. The zero-order valence-electron chi connectivity index (χ0n) is 11.4. The molecule has 0 aliphatic carbocycles. The van der Waals surface area contributed by atoms with Crippen molar-refractivity contribution in [1.29, 1.82) is 0 Å². The van der Waals surface area contributed by atoms with Crippen LogP contribution < -0.4 is 5.32 Å². The molecular formula is C13H27ClN2O. The minimum Gasteiger partial charge on any atom is -0.341 e. The van der Waals surface area contributed by atoms with Crippen LogP contribution in [0, 0.1) is 11.8 Å². The Bertz CT molecular complexity index is 213. The van der Waals surface area contributed by atoms with Crippen LogP contribution >= 0.6 is 12.4 Å². The molecule has 1 N–H and O–H groups in total. The lowest BCUT2D eigenvalue weighted by atomic mass is 9.89. The zero-order valence-corrected chi connectivity index (χ0v) is 12.2. The number of hydrogen-bond donors (Lipinski definition) is 1. The van der Waals surface area contributed by atoms with Crippen LogP contribution in [0.4, 0.5) is 0 Å². The van der Waals surface area contributed by atoms with Crippen molar-refractivity contribution >= 4 is 18.3 Å². The Morgan fingerprint density at radius 1 is 1.29 bits per heavy atom. The first-order valence-corrected chi connectivity index (χ1v) is 6.63. The highest BCUT2D eigenvalue weighted by Gasteiger charge is 2.20. The second kappa shape index (κ2) is 8.76. The first-order valence-electron chi connectivity index (χ1n) is 6.63. The van der Waals surface area contributed by atoms with E-state index in [1.54, 1.807) is 0 Å². The first-order chi connectivity index (χ1) is 7.65. The topological polar surface area (TPSA) is 32.3 Å². The molecule has 1 unspecified atom stereocenters. The van der Waals surface area contributed by atoms with E-state index in [-0.39, 0.29) is 12.4 Å². The van der Waals surface area contributed by atoms with Gasteiger partial charge in [0.1, 0.15) is 0 Å². The molecular weight excluding hydrogens is 236 g/mol. The fourth-order valence-electron chi connectivity index (χ4n) is 2.30. The van der Waals surface area contributed by atoms with Crippen molar-refractivity contribution < 1.29 is 4.79 Å². The Balaban J connectivity index is 0.00000256. The number of nitrogens with zero attached hydrogens (tertiary/aromatic N) is 1. The quantitative estimate of drug-likeness (QED) is 0.843. The summed E-state index contributed by atoms with van der Waals surface area (Å²) in [5.41, 5.74) is 0. The van der Waals surface area contributed by atoms with E-state index in [9.17, 15) is 4.79 Å². The highest BCUT2D eigenvalue weighted by atomic mass is 35.5. The number of rotatable bonds is 4. The lowest BCUT2D eigenvalue weighted by molar-refractivity contribution is -0.132. The molecule has 0 radical (unpaired) electrons. The molecule has 1 atom stereocenters. The van der Waals surface area contributed by atoms with E-state index < -0.39 is 0 Å². The van der Waals surface area contributed by atoms with Crippen molar-refractivity contribution in [2.24, 2.45) is 11.8 Å². The maximum absolute atomic E-state index is 12.1. The third kappa shape index (κ3) is 5.73. The fraction of sp³-hybridized carbons (Fsp3) is 0.923. The Morgan fingerprint density at radius 3 is 2.59 bits per heavy atom. The van der Waals surface area contributed by atoms with Crippen molar-refractivity contribution in [2.45, 2.75) is 40.0 Å². The Hall–Kier alpha value is -0.280. The number of nitrogens with one attached hydrogen (secondary N) is 1. The zero-order chi connectivity index (χ0) is 12.0. The summed E-state index contributed by atoms with van der Waals surface area (Å²) in [6.45, 7) is 10.4. The lowest BCUT2D eigenvalue weighted by Gasteiger charge is -2.24. The van der Waals surface area contributed by atoms with Gasteiger partial charge in [0.05, 0.1) is 0 Å². The average molecular weight is 263 g/mol. The summed E-state index contributed by atoms with van der Waals surface area (Å²) in [5.74, 6) is 1.51. The number of halogens is 1. The van der Waals surface area contributed by atoms with E-state index in [2.05, 4.69) is 26.1 Å². The Labute approximate surface area is 112 Å². The van der Waals surface area contributed by atoms with E-state index in [1.807, 2.05) is 4.90 Å². The van der Waals surface area contributed by atoms with Crippen LogP contribution in [0.15, 0.2) is 0 Å². The molecule has 1 aliphatic rings. The summed E-state index contributed by atoms with van der Waals surface area (Å²) < 4.78 is 0. The molecule has 0 saturated carbocycles. The monoisotopic (exact) mass is 262 g/mol. The third-order valence-corrected chi connectivity index (χ3v) is 3.60. The summed E-state index contributed by atoms with van der Waals surface area (Å²) in [4.78, 5) is 14.2. The molecule has 0 aromatic heterocycles. The van der Waals surface area contributed by atoms with Crippen molar-refractivity contribution in [3.8, 4) is 0 Å². The van der Waals surface area contributed by atoms with E-state index in [0.717, 1.165) is 45.4 Å². The molecule has 17 heavy (non-hydrogen) atoms. The molecule has 4 heteroatoms. The van der Waals surface area contributed by atoms with E-state index in [1.165, 1.54) is 0 Å². The van der Waals surface area contributed by atoms with Gasteiger partial charge in [0, 0.05) is 26.1 Å². The van der Waals surface area contributed by atoms with Crippen molar-refractivity contribution in [2.75, 3.05) is 26.2 Å². The molecule has 0 spiro atoms. The van der Waals surface area contributed by atoms with Gasteiger partial charge in [-0.15, -0.1) is 12.4 Å². The molecule has 1 amide bonds. The van der Waals surface area contributed by atoms with Gasteiger partial charge in [-0.3, -0.25) is 4.79 Å². The van der Waals surface area contributed by atoms with Crippen LogP contribution in [0.2, 0.25) is 0 Å². The number of amides is 1. The van der Waals surface area contributed by atoms with Gasteiger partial charge >= 0.3 is 0 Å². The Morgan fingerprint density at radius 2 is 2.00 bits per heavy atom. The van der Waals surface area contributed by atoms with Gasteiger partial charge in [0.2, 0.25) is 5.91 Å². The van der Waals surface area contributed by atoms with Gasteiger partial charge < -0.3 is 10.2 Å². The second-order valence-electron chi connectivity index (χ2n) is 5.10. The van der Waals surface area contributed by atoms with Crippen molar-refractivity contribution in [3.05, 3.63) is 0 Å². The third-order valence-electron chi connectivity index (χ3n) is 3.60. The summed E-state index contributed by atoms with van der Waals surface area (Å²) in [7, 11) is 0. The van der Waals surface area contributed by atoms with Crippen LogP contribution in [0.1, 0.15) is 40.0 Å². The predicted molar refractivity (Wildman–Crippen MR) is 74.6 cm³/mol. The summed E-state index contributed by atoms with van der Waals surface area (Å²) in [6, 6.07) is 0. The van der Waals surface area contributed by atoms with Crippen LogP contribution in [-0.4, -0.2) is 37.0 Å². The molecule has 1 fully saturated rings. The molecule has 0 aromatic rings. The molecule has 3 nitrogen and oxygen atoms in total. The molecule has 1 heterocycles. The molecule has 0 bridgehead atoms. The van der Waals surface area contributed by atoms with Crippen LogP contribution in [0.3, 0.4) is 0 Å². The maximum atomic E-state index is 12.1. The SMILES string of the molecule is CCC(CC(=O)N1CCCNCC1)C(C)C.Cl. The highest BCUT2D eigenvalue weighted by molar-refractivity contribution is 5.85. The molecule has 1 saturated heterocycles. The van der Waals surface area contributed by atoms with Gasteiger partial charge in [-0.1, -0.05) is 27.2 Å². The number of carbonyl (C=O) groups excluding carboxylic acids is 1. The first kappa shape index (κ1) is 16.7. The largest absolute Gasteiger partial charge is 0.341 e. The molecule has 1 aliphatic heterocycles. The average Bonchev–Trinajstić information content (AvgIpc) is 2.53. The van der Waals surface area contributed by atoms with E-state index >= 15 is 0 Å². The van der Waals surface area contributed by atoms with Gasteiger partial charge in [-0.05, 0) is 24.8 Å². The molecule has 1 rings (SSSR count). The summed E-state index contributed by atoms with van der Waals surface area (Å²) in [6.07, 6.45) is 2.92. The summed E-state index contributed by atoms with van der Waals surface area (Å²) >= 11 is 0. The highest BCUT2D eigenvalue weighted by Crippen LogP contribution is 2.20. The standard InChI is InChI=1S/C13H26N2O.ClH/c1-4-12(11(2)3)10-13(16)15-8-5-6-14-7-9-15;/h11-12,14H,4-10H2,1-3H3;1H. The van der Waals surface area contributed by atoms with E-state index in [0.29, 0.717) is 17.7 Å². The van der Waals surface area contributed by atoms with Crippen LogP contribution in [0.5, 0.6) is 0 Å². The fourth-order valence-corrected chi connectivity index (χ4v) is 2.30. The lowest BCUT2D eigenvalue weighted by Crippen LogP contribution is -2.35. The van der Waals surface area contributed by atoms with Gasteiger partial charge in [0.15, 0.2) is 0 Å². The van der Waals surface area contributed by atoms with Crippen LogP contribution in [-0.2, 0) is 4.79 Å². The Kier molecular flexibility index (Phi) is 8.61. The smallest absolute Gasteiger partial charge is 0.222 e. The summed E-state index contributed by atoms with van der Waals surface area (Å²) in [5, 5.41) is 3.33. The number of hydrogen-bond acceptors (Lipinski definition) is 2. The minimum atomic E-state index is 0. The van der Waals surface area contributed by atoms with Crippen LogP contribution in [0.25, 0.3) is 0 Å². The maximum Gasteiger partial charge on any atom is 0.222 e. The van der Waals surface area contributed by atoms with Crippen molar-refractivity contribution in [3.63, 3.8) is 0 Å². The van der Waals surface area contributed by atoms with E-state index in [4.69, 9.17) is 0 Å². The van der Waals surface area contributed by atoms with Gasteiger partial charge in [0.25, 0.3) is 0 Å². The van der Waals surface area contributed by atoms with Crippen molar-refractivity contribution in [1.82, 2.24) is 10.2 Å². The second-order valence-corrected chi connectivity index (χ2v) is 5.10.